The van der Waals surface area contributed by atoms with E-state index in [-0.39, 0.29) is 23.6 Å². The quantitative estimate of drug-likeness (QED) is 0.633. The number of carboxylic acids is 1. The molecule has 98 valence electrons. The van der Waals surface area contributed by atoms with E-state index >= 15 is 0 Å². The zero-order valence-electron chi connectivity index (χ0n) is 10.00. The Labute approximate surface area is 109 Å². The van der Waals surface area contributed by atoms with Gasteiger partial charge in [-0.1, -0.05) is 24.3 Å². The molecule has 0 aliphatic carbocycles. The molecule has 0 atom stereocenters. The molecule has 2 aromatic rings. The number of aromatic hydroxyl groups is 2. The molecule has 2 aromatic carbocycles. The van der Waals surface area contributed by atoms with E-state index in [0.717, 1.165) is 0 Å². The zero-order valence-corrected chi connectivity index (χ0v) is 10.00. The van der Waals surface area contributed by atoms with Gasteiger partial charge < -0.3 is 20.6 Å². The minimum Gasteiger partial charge on any atom is -0.506 e. The summed E-state index contributed by atoms with van der Waals surface area (Å²) in [5, 5.41) is 31.1. The Morgan fingerprint density at radius 3 is 2.26 bits per heavy atom. The number of aliphatic carboxylic acids is 1. The molecule has 0 aliphatic rings. The van der Waals surface area contributed by atoms with Crippen molar-refractivity contribution in [2.24, 2.45) is 0 Å². The highest BCUT2D eigenvalue weighted by atomic mass is 16.4. The molecule has 0 spiro atoms. The molecule has 0 aliphatic heterocycles. The van der Waals surface area contributed by atoms with Gasteiger partial charge in [-0.25, -0.2) is 0 Å². The van der Waals surface area contributed by atoms with Gasteiger partial charge in [0, 0.05) is 5.69 Å². The number of benzene rings is 2. The molecular formula is C14H13NO4. The number of phenolic OH excluding ortho intramolecular Hbond substituents is 2. The third-order valence-electron chi connectivity index (χ3n) is 2.64. The van der Waals surface area contributed by atoms with Crippen molar-refractivity contribution in [1.29, 1.82) is 0 Å². The Hall–Kier alpha value is -2.69. The first kappa shape index (κ1) is 12.8. The van der Waals surface area contributed by atoms with Gasteiger partial charge in [0.2, 0.25) is 0 Å². The number of hydrogen-bond acceptors (Lipinski definition) is 4. The average Bonchev–Trinajstić information content (AvgIpc) is 2.35. The summed E-state index contributed by atoms with van der Waals surface area (Å²) in [5.41, 5.74) is 1.25. The summed E-state index contributed by atoms with van der Waals surface area (Å²) in [7, 11) is 0. The molecule has 2 rings (SSSR count). The van der Waals surface area contributed by atoms with Crippen molar-refractivity contribution in [2.75, 3.05) is 5.32 Å². The maximum Gasteiger partial charge on any atom is 0.307 e. The Balaban J connectivity index is 2.36. The first-order chi connectivity index (χ1) is 9.08. The standard InChI is InChI=1S/C14H13NO4/c16-11-6-3-7-12(17)14(11)15-10-5-2-1-4-9(10)8-13(18)19/h1-7,15-17H,8H2,(H,18,19). The maximum atomic E-state index is 10.8. The normalized spacial score (nSPS) is 10.1. The van der Waals surface area contributed by atoms with Gasteiger partial charge in [-0.2, -0.15) is 0 Å². The molecule has 0 saturated heterocycles. The minimum absolute atomic E-state index is 0.106. The summed E-state index contributed by atoms with van der Waals surface area (Å²) < 4.78 is 0. The van der Waals surface area contributed by atoms with Crippen molar-refractivity contribution in [3.05, 3.63) is 48.0 Å². The number of carboxylic acid groups (broad SMARTS) is 1. The van der Waals surface area contributed by atoms with Gasteiger partial charge in [-0.15, -0.1) is 0 Å². The maximum absolute atomic E-state index is 10.8. The number of hydrogen-bond donors (Lipinski definition) is 4. The first-order valence-electron chi connectivity index (χ1n) is 5.65. The molecule has 4 N–H and O–H groups in total. The SMILES string of the molecule is O=C(O)Cc1ccccc1Nc1c(O)cccc1O. The number of phenols is 2. The van der Waals surface area contributed by atoms with Crippen LogP contribution in [0.3, 0.4) is 0 Å². The summed E-state index contributed by atoms with van der Waals surface area (Å²) in [6, 6.07) is 11.2. The third-order valence-corrected chi connectivity index (χ3v) is 2.64. The van der Waals surface area contributed by atoms with Crippen LogP contribution in [0.15, 0.2) is 42.5 Å². The molecule has 0 saturated carbocycles. The lowest BCUT2D eigenvalue weighted by molar-refractivity contribution is -0.136. The van der Waals surface area contributed by atoms with E-state index in [1.165, 1.54) is 18.2 Å². The molecule has 0 heterocycles. The number of rotatable bonds is 4. The highest BCUT2D eigenvalue weighted by Gasteiger charge is 2.11. The molecule has 5 nitrogen and oxygen atoms in total. The van der Waals surface area contributed by atoms with Crippen LogP contribution >= 0.6 is 0 Å². The van der Waals surface area contributed by atoms with Crippen molar-refractivity contribution in [1.82, 2.24) is 0 Å². The topological polar surface area (TPSA) is 89.8 Å². The molecule has 0 amide bonds. The second kappa shape index (κ2) is 5.30. The van der Waals surface area contributed by atoms with Crippen LogP contribution in [-0.4, -0.2) is 21.3 Å². The predicted molar refractivity (Wildman–Crippen MR) is 70.8 cm³/mol. The minimum atomic E-state index is -0.948. The van der Waals surface area contributed by atoms with Crippen molar-refractivity contribution >= 4 is 17.3 Å². The summed E-state index contributed by atoms with van der Waals surface area (Å²) in [5.74, 6) is -1.16. The van der Waals surface area contributed by atoms with E-state index in [1.807, 2.05) is 0 Å². The second-order valence-electron chi connectivity index (χ2n) is 4.02. The number of carbonyl (C=O) groups is 1. The van der Waals surface area contributed by atoms with E-state index in [9.17, 15) is 15.0 Å². The highest BCUT2D eigenvalue weighted by Crippen LogP contribution is 2.35. The predicted octanol–water partition coefficient (Wildman–Crippen LogP) is 2.47. The summed E-state index contributed by atoms with van der Waals surface area (Å²) in [6.07, 6.45) is -0.141. The van der Waals surface area contributed by atoms with Crippen LogP contribution in [0.1, 0.15) is 5.56 Å². The summed E-state index contributed by atoms with van der Waals surface area (Å²) >= 11 is 0. The average molecular weight is 259 g/mol. The Bertz CT molecular complexity index is 590. The fourth-order valence-corrected chi connectivity index (χ4v) is 1.75. The van der Waals surface area contributed by atoms with Crippen LogP contribution < -0.4 is 5.32 Å². The van der Waals surface area contributed by atoms with Crippen LogP contribution in [0.2, 0.25) is 0 Å². The largest absolute Gasteiger partial charge is 0.506 e. The van der Waals surface area contributed by atoms with Crippen molar-refractivity contribution in [3.8, 4) is 11.5 Å². The van der Waals surface area contributed by atoms with Crippen LogP contribution in [-0.2, 0) is 11.2 Å². The first-order valence-corrected chi connectivity index (χ1v) is 5.65. The molecular weight excluding hydrogens is 246 g/mol. The molecule has 0 aromatic heterocycles. The Morgan fingerprint density at radius 1 is 1.00 bits per heavy atom. The van der Waals surface area contributed by atoms with Crippen LogP contribution in [0, 0.1) is 0 Å². The van der Waals surface area contributed by atoms with Crippen molar-refractivity contribution in [3.63, 3.8) is 0 Å². The van der Waals surface area contributed by atoms with Crippen molar-refractivity contribution < 1.29 is 20.1 Å². The monoisotopic (exact) mass is 259 g/mol. The molecule has 0 bridgehead atoms. The van der Waals surface area contributed by atoms with Gasteiger partial charge in [0.1, 0.15) is 17.2 Å². The molecule has 0 unspecified atom stereocenters. The number of anilines is 2. The summed E-state index contributed by atoms with van der Waals surface area (Å²) in [6.45, 7) is 0. The smallest absolute Gasteiger partial charge is 0.307 e. The van der Waals surface area contributed by atoms with E-state index in [2.05, 4.69) is 5.32 Å². The van der Waals surface area contributed by atoms with Gasteiger partial charge in [0.05, 0.1) is 6.42 Å². The molecule has 19 heavy (non-hydrogen) atoms. The van der Waals surface area contributed by atoms with Gasteiger partial charge in [-0.05, 0) is 23.8 Å². The van der Waals surface area contributed by atoms with E-state index in [0.29, 0.717) is 11.3 Å². The van der Waals surface area contributed by atoms with Gasteiger partial charge in [0.25, 0.3) is 0 Å². The lowest BCUT2D eigenvalue weighted by Gasteiger charge is -2.13. The van der Waals surface area contributed by atoms with E-state index in [4.69, 9.17) is 5.11 Å². The summed E-state index contributed by atoms with van der Waals surface area (Å²) in [4.78, 5) is 10.8. The van der Waals surface area contributed by atoms with Gasteiger partial charge >= 0.3 is 5.97 Å². The van der Waals surface area contributed by atoms with Crippen LogP contribution in [0.5, 0.6) is 11.5 Å². The molecule has 0 fully saturated rings. The van der Waals surface area contributed by atoms with Crippen molar-refractivity contribution in [2.45, 2.75) is 6.42 Å². The lowest BCUT2D eigenvalue weighted by Crippen LogP contribution is -2.03. The zero-order chi connectivity index (χ0) is 13.8. The molecule has 0 radical (unpaired) electrons. The van der Waals surface area contributed by atoms with Gasteiger partial charge in [-0.3, -0.25) is 4.79 Å². The van der Waals surface area contributed by atoms with Gasteiger partial charge in [0.15, 0.2) is 0 Å². The highest BCUT2D eigenvalue weighted by molar-refractivity contribution is 5.78. The number of para-hydroxylation sites is 2. The fraction of sp³-hybridized carbons (Fsp3) is 0.0714. The van der Waals surface area contributed by atoms with E-state index < -0.39 is 5.97 Å². The molecule has 5 heteroatoms. The van der Waals surface area contributed by atoms with Crippen LogP contribution in [0.4, 0.5) is 11.4 Å². The van der Waals surface area contributed by atoms with E-state index in [1.54, 1.807) is 24.3 Å². The fourth-order valence-electron chi connectivity index (χ4n) is 1.75. The third kappa shape index (κ3) is 2.95. The Kier molecular flexibility index (Phi) is 3.56. The second-order valence-corrected chi connectivity index (χ2v) is 4.02. The number of nitrogens with one attached hydrogen (secondary N) is 1. The lowest BCUT2D eigenvalue weighted by atomic mass is 10.1. The Morgan fingerprint density at radius 2 is 1.63 bits per heavy atom. The van der Waals surface area contributed by atoms with Crippen LogP contribution in [0.25, 0.3) is 0 Å².